The van der Waals surface area contributed by atoms with Gasteiger partial charge in [0.1, 0.15) is 6.04 Å². The second-order valence-corrected chi connectivity index (χ2v) is 4.72. The zero-order chi connectivity index (χ0) is 18.4. The van der Waals surface area contributed by atoms with E-state index in [4.69, 9.17) is 0 Å². The van der Waals surface area contributed by atoms with E-state index in [0.29, 0.717) is 23.5 Å². The van der Waals surface area contributed by atoms with Crippen LogP contribution in [0.4, 0.5) is 8.78 Å². The molecule has 8 heteroatoms. The van der Waals surface area contributed by atoms with E-state index in [0.717, 1.165) is 0 Å². The van der Waals surface area contributed by atoms with Gasteiger partial charge >= 0.3 is 0 Å². The molecule has 24 heavy (non-hydrogen) atoms. The third-order valence-electron chi connectivity index (χ3n) is 3.34. The number of nitrogens with one attached hydrogen (secondary N) is 1. The highest BCUT2D eigenvalue weighted by molar-refractivity contribution is 6.23. The third kappa shape index (κ3) is 3.47. The Morgan fingerprint density at radius 3 is 2.00 bits per heavy atom. The molecule has 1 aliphatic rings. The summed E-state index contributed by atoms with van der Waals surface area (Å²) in [4.78, 5) is 47.4. The van der Waals surface area contributed by atoms with Crippen molar-refractivity contribution >= 4 is 24.1 Å². The van der Waals surface area contributed by atoms with Crippen molar-refractivity contribution in [3.8, 4) is 0 Å². The van der Waals surface area contributed by atoms with Crippen LogP contribution in [0.1, 0.15) is 54.3 Å². The Balaban J connectivity index is 0.00000139. The Labute approximate surface area is 137 Å². The van der Waals surface area contributed by atoms with Gasteiger partial charge in [0.2, 0.25) is 12.3 Å². The molecule has 1 unspecified atom stereocenters. The van der Waals surface area contributed by atoms with Gasteiger partial charge in [0.25, 0.3) is 11.8 Å². The number of hydrogen-bond acceptors (Lipinski definition) is 4. The van der Waals surface area contributed by atoms with Crippen LogP contribution in [0.3, 0.4) is 0 Å². The van der Waals surface area contributed by atoms with Crippen molar-refractivity contribution in [2.45, 2.75) is 39.7 Å². The summed E-state index contributed by atoms with van der Waals surface area (Å²) in [6.07, 6.45) is 0.714. The van der Waals surface area contributed by atoms with E-state index in [1.165, 1.54) is 0 Å². The van der Waals surface area contributed by atoms with E-state index in [2.05, 4.69) is 0 Å². The number of nitrogens with zero attached hydrogens (tertiary/aromatic N) is 1. The minimum absolute atomic E-state index is 0.121. The monoisotopic (exact) mass is 340 g/mol. The predicted octanol–water partition coefficient (Wildman–Crippen LogP) is 2.03. The molecule has 1 aliphatic heterocycles. The highest BCUT2D eigenvalue weighted by Gasteiger charge is 2.43. The molecule has 0 saturated heterocycles. The van der Waals surface area contributed by atoms with Gasteiger partial charge in [0.15, 0.2) is 11.6 Å². The first-order valence-electron chi connectivity index (χ1n) is 7.53. The van der Waals surface area contributed by atoms with Crippen LogP contribution in [0.25, 0.3) is 0 Å². The molecule has 1 aromatic carbocycles. The molecule has 0 saturated carbocycles. The second kappa shape index (κ2) is 8.28. The topological polar surface area (TPSA) is 83.6 Å². The predicted molar refractivity (Wildman–Crippen MR) is 81.1 cm³/mol. The maximum Gasteiger partial charge on any atom is 0.262 e. The minimum Gasteiger partial charge on any atom is -0.297 e. The fraction of sp³-hybridized carbons (Fsp3) is 0.375. The van der Waals surface area contributed by atoms with Gasteiger partial charge in [-0.2, -0.15) is 0 Å². The van der Waals surface area contributed by atoms with E-state index >= 15 is 0 Å². The number of benzene rings is 1. The molecular formula is C16H18F2N2O4. The zero-order valence-electron chi connectivity index (χ0n) is 13.6. The molecule has 6 nitrogen and oxygen atoms in total. The standard InChI is InChI=1S/C14H12F2N2O4.C2H6/c1-2-3-11(12(20)17-6-19)18-13(21)7-4-9(15)10(16)5-8(7)14(18)22;1-2/h4-6,11H,2-3H2,1H3,(H,17,19,20);1-2H3. The largest absolute Gasteiger partial charge is 0.297 e. The average Bonchev–Trinajstić information content (AvgIpc) is 2.79. The normalized spacial score (nSPS) is 13.8. The maximum absolute atomic E-state index is 13.2. The number of carbonyl (C=O) groups excluding carboxylic acids is 4. The van der Waals surface area contributed by atoms with Gasteiger partial charge in [-0.05, 0) is 18.6 Å². The quantitative estimate of drug-likeness (QED) is 0.657. The first kappa shape index (κ1) is 19.4. The van der Waals surface area contributed by atoms with Crippen LogP contribution in [0.5, 0.6) is 0 Å². The maximum atomic E-state index is 13.2. The average molecular weight is 340 g/mol. The van der Waals surface area contributed by atoms with Crippen LogP contribution in [-0.2, 0) is 9.59 Å². The van der Waals surface area contributed by atoms with Gasteiger partial charge in [-0.1, -0.05) is 27.2 Å². The summed E-state index contributed by atoms with van der Waals surface area (Å²) in [6.45, 7) is 5.72. The Morgan fingerprint density at radius 1 is 1.17 bits per heavy atom. The smallest absolute Gasteiger partial charge is 0.262 e. The van der Waals surface area contributed by atoms with Gasteiger partial charge in [-0.25, -0.2) is 8.78 Å². The van der Waals surface area contributed by atoms with E-state index in [1.54, 1.807) is 6.92 Å². The molecule has 130 valence electrons. The van der Waals surface area contributed by atoms with Crippen LogP contribution in [0.2, 0.25) is 0 Å². The molecule has 0 radical (unpaired) electrons. The Kier molecular flexibility index (Phi) is 6.69. The Hall–Kier alpha value is -2.64. The molecule has 0 spiro atoms. The first-order valence-corrected chi connectivity index (χ1v) is 7.53. The summed E-state index contributed by atoms with van der Waals surface area (Å²) in [6, 6.07) is 0.0468. The van der Waals surface area contributed by atoms with E-state index in [1.807, 2.05) is 19.2 Å². The summed E-state index contributed by atoms with van der Waals surface area (Å²) in [7, 11) is 0. The lowest BCUT2D eigenvalue weighted by Crippen LogP contribution is -2.49. The lowest BCUT2D eigenvalue weighted by molar-refractivity contribution is -0.128. The van der Waals surface area contributed by atoms with E-state index in [9.17, 15) is 28.0 Å². The fourth-order valence-corrected chi connectivity index (χ4v) is 2.34. The van der Waals surface area contributed by atoms with Crippen LogP contribution < -0.4 is 5.32 Å². The molecule has 4 amide bonds. The number of amides is 4. The number of imide groups is 2. The Bertz CT molecular complexity index is 635. The minimum atomic E-state index is -1.26. The molecule has 0 aliphatic carbocycles. The number of fused-ring (bicyclic) bond motifs is 1. The molecular weight excluding hydrogens is 322 g/mol. The van der Waals surface area contributed by atoms with Crippen LogP contribution in [0.15, 0.2) is 12.1 Å². The summed E-state index contributed by atoms with van der Waals surface area (Å²) >= 11 is 0. The molecule has 0 fully saturated rings. The zero-order valence-corrected chi connectivity index (χ0v) is 13.6. The van der Waals surface area contributed by atoms with Crippen molar-refractivity contribution in [1.29, 1.82) is 0 Å². The van der Waals surface area contributed by atoms with Crippen LogP contribution >= 0.6 is 0 Å². The summed E-state index contributed by atoms with van der Waals surface area (Å²) in [5.41, 5.74) is -0.604. The molecule has 2 rings (SSSR count). The lowest BCUT2D eigenvalue weighted by Gasteiger charge is -2.23. The van der Waals surface area contributed by atoms with Crippen molar-refractivity contribution in [3.63, 3.8) is 0 Å². The fourth-order valence-electron chi connectivity index (χ4n) is 2.34. The first-order chi connectivity index (χ1) is 11.4. The number of hydrogen-bond donors (Lipinski definition) is 1. The highest BCUT2D eigenvalue weighted by atomic mass is 19.2. The van der Waals surface area contributed by atoms with Gasteiger partial charge < -0.3 is 0 Å². The summed E-state index contributed by atoms with van der Waals surface area (Å²) in [5, 5.41) is 1.88. The van der Waals surface area contributed by atoms with E-state index < -0.39 is 35.4 Å². The van der Waals surface area contributed by atoms with Crippen molar-refractivity contribution in [1.82, 2.24) is 10.2 Å². The summed E-state index contributed by atoms with van der Waals surface area (Å²) < 4.78 is 26.5. The molecule has 1 atom stereocenters. The number of halogens is 2. The van der Waals surface area contributed by atoms with Crippen molar-refractivity contribution in [2.24, 2.45) is 0 Å². The van der Waals surface area contributed by atoms with E-state index in [-0.39, 0.29) is 24.0 Å². The molecule has 0 aromatic heterocycles. The van der Waals surface area contributed by atoms with Crippen LogP contribution in [0, 0.1) is 11.6 Å². The number of rotatable bonds is 5. The molecule has 0 bridgehead atoms. The Morgan fingerprint density at radius 2 is 1.62 bits per heavy atom. The van der Waals surface area contributed by atoms with Crippen molar-refractivity contribution < 1.29 is 28.0 Å². The van der Waals surface area contributed by atoms with Gasteiger partial charge in [-0.15, -0.1) is 0 Å². The number of carbonyl (C=O) groups is 4. The van der Waals surface area contributed by atoms with Crippen molar-refractivity contribution in [2.75, 3.05) is 0 Å². The highest BCUT2D eigenvalue weighted by Crippen LogP contribution is 2.28. The lowest BCUT2D eigenvalue weighted by atomic mass is 10.1. The van der Waals surface area contributed by atoms with Gasteiger partial charge in [0.05, 0.1) is 11.1 Å². The second-order valence-electron chi connectivity index (χ2n) is 4.72. The van der Waals surface area contributed by atoms with Gasteiger partial charge in [0, 0.05) is 0 Å². The SMILES string of the molecule is CC.CCCC(C(=O)NC=O)N1C(=O)c2cc(F)c(F)cc2C1=O. The van der Waals surface area contributed by atoms with Crippen molar-refractivity contribution in [3.05, 3.63) is 34.9 Å². The summed E-state index contributed by atoms with van der Waals surface area (Å²) in [5.74, 6) is -5.12. The molecule has 1 heterocycles. The van der Waals surface area contributed by atoms with Gasteiger partial charge in [-0.3, -0.25) is 29.4 Å². The third-order valence-corrected chi connectivity index (χ3v) is 3.34. The van der Waals surface area contributed by atoms with Crippen LogP contribution in [-0.4, -0.2) is 35.1 Å². The molecule has 1 N–H and O–H groups in total. The molecule has 1 aromatic rings.